The van der Waals surface area contributed by atoms with Crippen molar-refractivity contribution in [2.75, 3.05) is 18.7 Å². The van der Waals surface area contributed by atoms with E-state index in [9.17, 15) is 14.9 Å². The van der Waals surface area contributed by atoms with E-state index >= 15 is 0 Å². The van der Waals surface area contributed by atoms with Crippen LogP contribution < -0.4 is 14.8 Å². The number of nitriles is 1. The summed E-state index contributed by atoms with van der Waals surface area (Å²) in [6, 6.07) is 7.62. The lowest BCUT2D eigenvalue weighted by Crippen LogP contribution is -2.33. The number of fused-ring (bicyclic) bond motifs is 2. The number of benzene rings is 1. The topological polar surface area (TPSA) is 91.7 Å². The number of rotatable bonds is 3. The van der Waals surface area contributed by atoms with Gasteiger partial charge in [-0.3, -0.25) is 9.59 Å². The summed E-state index contributed by atoms with van der Waals surface area (Å²) in [6.07, 6.45) is 3.71. The normalized spacial score (nSPS) is 14.6. The zero-order valence-electron chi connectivity index (χ0n) is 15.2. The number of nitrogens with zero attached hydrogens (tertiary/aromatic N) is 2. The van der Waals surface area contributed by atoms with Crippen LogP contribution in [0, 0.1) is 11.3 Å². The van der Waals surface area contributed by atoms with E-state index in [4.69, 9.17) is 9.47 Å². The Morgan fingerprint density at radius 2 is 2.14 bits per heavy atom. The third-order valence-electron chi connectivity index (χ3n) is 4.67. The summed E-state index contributed by atoms with van der Waals surface area (Å²) in [7, 11) is 0. The summed E-state index contributed by atoms with van der Waals surface area (Å²) in [5.41, 5.74) is 2.23. The summed E-state index contributed by atoms with van der Waals surface area (Å²) in [4.78, 5) is 26.7. The molecule has 0 unspecified atom stereocenters. The van der Waals surface area contributed by atoms with Gasteiger partial charge >= 0.3 is 0 Å². The number of anilines is 1. The van der Waals surface area contributed by atoms with Crippen LogP contribution in [0.1, 0.15) is 28.5 Å². The van der Waals surface area contributed by atoms with Gasteiger partial charge in [-0.05, 0) is 35.8 Å². The lowest BCUT2D eigenvalue weighted by atomic mass is 10.0. The van der Waals surface area contributed by atoms with Gasteiger partial charge in [0.1, 0.15) is 11.1 Å². The number of nitrogens with one attached hydrogen (secondary N) is 1. The average Bonchev–Trinajstić information content (AvgIpc) is 3.28. The first-order valence-corrected chi connectivity index (χ1v) is 9.55. The van der Waals surface area contributed by atoms with Crippen LogP contribution in [-0.2, 0) is 22.6 Å². The molecule has 0 saturated carbocycles. The van der Waals surface area contributed by atoms with Crippen molar-refractivity contribution in [1.29, 1.82) is 5.26 Å². The predicted molar refractivity (Wildman–Crippen MR) is 104 cm³/mol. The largest absolute Gasteiger partial charge is 0.454 e. The first-order valence-electron chi connectivity index (χ1n) is 8.74. The van der Waals surface area contributed by atoms with E-state index in [1.165, 1.54) is 24.3 Å². The summed E-state index contributed by atoms with van der Waals surface area (Å²) in [5.74, 6) is 1.02. The Kier molecular flexibility index (Phi) is 4.75. The number of thiophene rings is 1. The highest BCUT2D eigenvalue weighted by atomic mass is 32.1. The van der Waals surface area contributed by atoms with Crippen molar-refractivity contribution in [3.8, 4) is 17.6 Å². The van der Waals surface area contributed by atoms with Gasteiger partial charge in [-0.2, -0.15) is 5.26 Å². The van der Waals surface area contributed by atoms with Crippen LogP contribution in [0.25, 0.3) is 6.08 Å². The molecule has 8 heteroatoms. The van der Waals surface area contributed by atoms with Crippen molar-refractivity contribution in [1.82, 2.24) is 4.90 Å². The summed E-state index contributed by atoms with van der Waals surface area (Å²) < 4.78 is 10.6. The molecule has 2 amide bonds. The molecule has 7 nitrogen and oxygen atoms in total. The number of ether oxygens (including phenoxy) is 2. The lowest BCUT2D eigenvalue weighted by Gasteiger charge is -2.25. The molecule has 0 spiro atoms. The van der Waals surface area contributed by atoms with E-state index in [0.29, 0.717) is 41.6 Å². The quantitative estimate of drug-likeness (QED) is 0.807. The molecule has 2 aromatic rings. The van der Waals surface area contributed by atoms with E-state index in [-0.39, 0.29) is 18.6 Å². The molecule has 4 rings (SSSR count). The summed E-state index contributed by atoms with van der Waals surface area (Å²) in [5, 5.41) is 12.9. The molecule has 1 N–H and O–H groups in total. The Morgan fingerprint density at radius 3 is 2.93 bits per heavy atom. The predicted octanol–water partition coefficient (Wildman–Crippen LogP) is 2.90. The fourth-order valence-corrected chi connectivity index (χ4v) is 4.44. The Balaban J connectivity index is 1.49. The van der Waals surface area contributed by atoms with Crippen LogP contribution in [0.15, 0.2) is 24.3 Å². The van der Waals surface area contributed by atoms with E-state index in [0.717, 1.165) is 16.0 Å². The minimum absolute atomic E-state index is 0.00908. The maximum atomic E-state index is 12.4. The molecule has 1 aromatic heterocycles. The molecular formula is C20H17N3O4S. The smallest absolute Gasteiger partial charge is 0.249 e. The lowest BCUT2D eigenvalue weighted by molar-refractivity contribution is -0.129. The van der Waals surface area contributed by atoms with Crippen molar-refractivity contribution in [3.63, 3.8) is 0 Å². The van der Waals surface area contributed by atoms with Gasteiger partial charge in [0.25, 0.3) is 0 Å². The Hall–Kier alpha value is -3.31. The first-order chi connectivity index (χ1) is 13.5. The third-order valence-corrected chi connectivity index (χ3v) is 5.81. The van der Waals surface area contributed by atoms with Crippen LogP contribution in [0.2, 0.25) is 0 Å². The molecular weight excluding hydrogens is 378 g/mol. The van der Waals surface area contributed by atoms with E-state index in [1.54, 1.807) is 23.1 Å². The van der Waals surface area contributed by atoms with Crippen LogP contribution in [0.4, 0.5) is 5.00 Å². The Labute approximate surface area is 165 Å². The van der Waals surface area contributed by atoms with Gasteiger partial charge in [0.15, 0.2) is 11.5 Å². The highest BCUT2D eigenvalue weighted by Crippen LogP contribution is 2.37. The molecule has 0 fully saturated rings. The molecule has 0 radical (unpaired) electrons. The molecule has 2 aliphatic heterocycles. The van der Waals surface area contributed by atoms with Gasteiger partial charge in [0.2, 0.25) is 18.6 Å². The number of hydrogen-bond donors (Lipinski definition) is 1. The summed E-state index contributed by atoms with van der Waals surface area (Å²) in [6.45, 7) is 2.80. The summed E-state index contributed by atoms with van der Waals surface area (Å²) >= 11 is 1.36. The SMILES string of the molecule is CC(=O)N1CCc2c(sc(NC(=O)/C=C/c3ccc4c(c3)OCO4)c2C#N)C1. The molecule has 0 saturated heterocycles. The van der Waals surface area contributed by atoms with Crippen molar-refractivity contribution in [2.45, 2.75) is 19.9 Å². The van der Waals surface area contributed by atoms with Crippen molar-refractivity contribution in [2.24, 2.45) is 0 Å². The number of carbonyl (C=O) groups is 2. The molecule has 28 heavy (non-hydrogen) atoms. The van der Waals surface area contributed by atoms with Crippen LogP contribution in [0.5, 0.6) is 11.5 Å². The Morgan fingerprint density at radius 1 is 1.32 bits per heavy atom. The highest BCUT2D eigenvalue weighted by molar-refractivity contribution is 7.16. The standard InChI is InChI=1S/C20H17N3O4S/c1-12(24)23-7-6-14-15(9-21)20(28-18(14)10-23)22-19(25)5-3-13-2-4-16-17(8-13)27-11-26-16/h2-5,8H,6-7,10-11H2,1H3,(H,22,25)/b5-3+. The Bertz CT molecular complexity index is 1030. The molecule has 1 aromatic carbocycles. The maximum Gasteiger partial charge on any atom is 0.249 e. The van der Waals surface area contributed by atoms with Gasteiger partial charge < -0.3 is 19.7 Å². The van der Waals surface area contributed by atoms with E-state index < -0.39 is 0 Å². The second-order valence-corrected chi connectivity index (χ2v) is 7.55. The zero-order valence-corrected chi connectivity index (χ0v) is 16.0. The minimum atomic E-state index is -0.323. The maximum absolute atomic E-state index is 12.4. The first kappa shape index (κ1) is 18.1. The number of amides is 2. The van der Waals surface area contributed by atoms with Crippen LogP contribution >= 0.6 is 11.3 Å². The average molecular weight is 395 g/mol. The highest BCUT2D eigenvalue weighted by Gasteiger charge is 2.26. The number of carbonyl (C=O) groups excluding carboxylic acids is 2. The molecule has 3 heterocycles. The molecule has 2 aliphatic rings. The minimum Gasteiger partial charge on any atom is -0.454 e. The molecule has 0 bridgehead atoms. The second-order valence-electron chi connectivity index (χ2n) is 6.45. The fraction of sp³-hybridized carbons (Fsp3) is 0.250. The van der Waals surface area contributed by atoms with Gasteiger partial charge in [-0.25, -0.2) is 0 Å². The second kappa shape index (κ2) is 7.37. The van der Waals surface area contributed by atoms with Gasteiger partial charge in [0.05, 0.1) is 12.1 Å². The molecule has 0 aliphatic carbocycles. The fourth-order valence-electron chi connectivity index (χ4n) is 3.22. The molecule has 142 valence electrons. The van der Waals surface area contributed by atoms with E-state index in [1.807, 2.05) is 6.07 Å². The van der Waals surface area contributed by atoms with Gasteiger partial charge in [-0.15, -0.1) is 11.3 Å². The van der Waals surface area contributed by atoms with E-state index in [2.05, 4.69) is 11.4 Å². The number of hydrogen-bond acceptors (Lipinski definition) is 6. The van der Waals surface area contributed by atoms with Crippen molar-refractivity contribution >= 4 is 34.2 Å². The monoisotopic (exact) mass is 395 g/mol. The van der Waals surface area contributed by atoms with Crippen molar-refractivity contribution < 1.29 is 19.1 Å². The van der Waals surface area contributed by atoms with Gasteiger partial charge in [-0.1, -0.05) is 6.07 Å². The zero-order chi connectivity index (χ0) is 19.7. The molecule has 0 atom stereocenters. The van der Waals surface area contributed by atoms with Crippen LogP contribution in [0.3, 0.4) is 0 Å². The third kappa shape index (κ3) is 3.44. The van der Waals surface area contributed by atoms with Crippen LogP contribution in [-0.4, -0.2) is 30.1 Å². The van der Waals surface area contributed by atoms with Gasteiger partial charge in [0, 0.05) is 24.4 Å². The van der Waals surface area contributed by atoms with Crippen molar-refractivity contribution in [3.05, 3.63) is 45.8 Å².